The molecule has 1 aromatic heterocycles. The van der Waals surface area contributed by atoms with Crippen LogP contribution in [-0.2, 0) is 4.79 Å². The van der Waals surface area contributed by atoms with Crippen molar-refractivity contribution < 1.29 is 13.9 Å². The van der Waals surface area contributed by atoms with E-state index in [4.69, 9.17) is 4.74 Å². The molecule has 2 heterocycles. The first-order valence-corrected chi connectivity index (χ1v) is 8.96. The molecule has 0 atom stereocenters. The number of halogens is 1. The van der Waals surface area contributed by atoms with Crippen LogP contribution in [0.5, 0.6) is 5.75 Å². The average molecular weight is 365 g/mol. The van der Waals surface area contributed by atoms with E-state index >= 15 is 0 Å². The summed E-state index contributed by atoms with van der Waals surface area (Å²) in [5.41, 5.74) is 1.33. The van der Waals surface area contributed by atoms with Crippen molar-refractivity contribution in [1.82, 2.24) is 9.88 Å². The number of aromatic nitrogens is 1. The van der Waals surface area contributed by atoms with Crippen LogP contribution >= 0.6 is 0 Å². The molecule has 1 amide bonds. The van der Waals surface area contributed by atoms with Crippen molar-refractivity contribution in [1.29, 1.82) is 0 Å². The van der Waals surface area contributed by atoms with Gasteiger partial charge >= 0.3 is 0 Å². The molecular weight excluding hydrogens is 345 g/mol. The molecule has 1 saturated heterocycles. The second-order valence-corrected chi connectivity index (χ2v) is 6.44. The zero-order chi connectivity index (χ0) is 18.6. The Morgan fingerprint density at radius 1 is 1.00 bits per heavy atom. The number of carbonyl (C=O) groups is 1. The third-order valence-electron chi connectivity index (χ3n) is 4.77. The summed E-state index contributed by atoms with van der Waals surface area (Å²) in [6.45, 7) is 2.26. The molecule has 1 fully saturated rings. The van der Waals surface area contributed by atoms with Gasteiger partial charge in [0.1, 0.15) is 17.1 Å². The summed E-state index contributed by atoms with van der Waals surface area (Å²) in [6.07, 6.45) is 1.71. The minimum absolute atomic E-state index is 0.0324. The second-order valence-electron chi connectivity index (χ2n) is 6.44. The van der Waals surface area contributed by atoms with Crippen molar-refractivity contribution in [2.75, 3.05) is 37.7 Å². The number of hydrogen-bond acceptors (Lipinski definition) is 4. The number of fused-ring (bicyclic) bond motifs is 1. The molecule has 0 spiro atoms. The number of amides is 1. The third kappa shape index (κ3) is 3.69. The van der Waals surface area contributed by atoms with Gasteiger partial charge in [0.15, 0.2) is 6.61 Å². The highest BCUT2D eigenvalue weighted by Gasteiger charge is 2.23. The van der Waals surface area contributed by atoms with E-state index in [1.165, 1.54) is 6.07 Å². The largest absolute Gasteiger partial charge is 0.481 e. The molecule has 1 aliphatic heterocycles. The van der Waals surface area contributed by atoms with E-state index in [0.717, 1.165) is 10.9 Å². The monoisotopic (exact) mass is 365 g/mol. The number of anilines is 1. The predicted octanol–water partition coefficient (Wildman–Crippen LogP) is 3.10. The number of rotatable bonds is 4. The Hall–Kier alpha value is -3.15. The molecule has 6 heteroatoms. The number of nitrogens with zero attached hydrogens (tertiary/aromatic N) is 3. The van der Waals surface area contributed by atoms with Gasteiger partial charge in [0.05, 0.1) is 5.69 Å². The Bertz CT molecular complexity index is 950. The maximum atomic E-state index is 13.9. The Morgan fingerprint density at radius 3 is 2.59 bits per heavy atom. The van der Waals surface area contributed by atoms with E-state index in [1.807, 2.05) is 41.3 Å². The molecule has 2 aromatic carbocycles. The van der Waals surface area contributed by atoms with Gasteiger partial charge < -0.3 is 14.5 Å². The number of para-hydroxylation sites is 2. The molecule has 5 nitrogen and oxygen atoms in total. The number of pyridine rings is 1. The molecule has 0 radical (unpaired) electrons. The highest BCUT2D eigenvalue weighted by molar-refractivity contribution is 5.85. The Labute approximate surface area is 157 Å². The number of benzene rings is 2. The molecule has 4 rings (SSSR count). The Morgan fingerprint density at radius 2 is 1.78 bits per heavy atom. The zero-order valence-electron chi connectivity index (χ0n) is 14.8. The summed E-state index contributed by atoms with van der Waals surface area (Å²) in [5, 5.41) is 0.973. The molecule has 3 aromatic rings. The van der Waals surface area contributed by atoms with E-state index in [-0.39, 0.29) is 18.3 Å². The summed E-state index contributed by atoms with van der Waals surface area (Å²) in [7, 11) is 0. The van der Waals surface area contributed by atoms with Gasteiger partial charge in [-0.1, -0.05) is 30.3 Å². The van der Waals surface area contributed by atoms with Gasteiger partial charge in [-0.05, 0) is 24.3 Å². The quantitative estimate of drug-likeness (QED) is 0.713. The van der Waals surface area contributed by atoms with Crippen LogP contribution in [0.15, 0.2) is 60.8 Å². The van der Waals surface area contributed by atoms with Crippen LogP contribution in [0.4, 0.5) is 10.1 Å². The van der Waals surface area contributed by atoms with E-state index in [1.54, 1.807) is 23.2 Å². The van der Waals surface area contributed by atoms with Gasteiger partial charge in [-0.25, -0.2) is 4.39 Å². The second kappa shape index (κ2) is 7.61. The first-order chi connectivity index (χ1) is 13.2. The fourth-order valence-electron chi connectivity index (χ4n) is 3.33. The molecule has 0 unspecified atom stereocenters. The summed E-state index contributed by atoms with van der Waals surface area (Å²) >= 11 is 0. The lowest BCUT2D eigenvalue weighted by Gasteiger charge is -2.36. The summed E-state index contributed by atoms with van der Waals surface area (Å²) in [4.78, 5) is 20.6. The summed E-state index contributed by atoms with van der Waals surface area (Å²) < 4.78 is 19.7. The maximum absolute atomic E-state index is 13.9. The van der Waals surface area contributed by atoms with E-state index in [9.17, 15) is 9.18 Å². The van der Waals surface area contributed by atoms with Crippen LogP contribution in [0.3, 0.4) is 0 Å². The van der Waals surface area contributed by atoms with E-state index in [0.29, 0.717) is 37.6 Å². The first-order valence-electron chi connectivity index (χ1n) is 8.96. The Kier molecular flexibility index (Phi) is 4.87. The van der Waals surface area contributed by atoms with Gasteiger partial charge in [-0.2, -0.15) is 0 Å². The number of hydrogen-bond donors (Lipinski definition) is 0. The van der Waals surface area contributed by atoms with Gasteiger partial charge in [0.2, 0.25) is 0 Å². The number of carbonyl (C=O) groups excluding carboxylic acids is 1. The predicted molar refractivity (Wildman–Crippen MR) is 102 cm³/mol. The van der Waals surface area contributed by atoms with Crippen LogP contribution in [0.25, 0.3) is 10.9 Å². The van der Waals surface area contributed by atoms with Crippen LogP contribution in [0.1, 0.15) is 0 Å². The Balaban J connectivity index is 1.35. The fraction of sp³-hybridized carbons (Fsp3) is 0.238. The highest BCUT2D eigenvalue weighted by Crippen LogP contribution is 2.23. The third-order valence-corrected chi connectivity index (χ3v) is 4.77. The lowest BCUT2D eigenvalue weighted by molar-refractivity contribution is -0.133. The molecule has 0 N–H and O–H groups in total. The van der Waals surface area contributed by atoms with Crippen molar-refractivity contribution in [3.05, 3.63) is 66.6 Å². The fourth-order valence-corrected chi connectivity index (χ4v) is 3.33. The summed E-state index contributed by atoms with van der Waals surface area (Å²) in [5.74, 6) is 0.298. The lowest BCUT2D eigenvalue weighted by Crippen LogP contribution is -2.50. The van der Waals surface area contributed by atoms with Crippen LogP contribution < -0.4 is 9.64 Å². The van der Waals surface area contributed by atoms with Crippen LogP contribution in [0, 0.1) is 5.82 Å². The smallest absolute Gasteiger partial charge is 0.260 e. The van der Waals surface area contributed by atoms with Crippen molar-refractivity contribution >= 4 is 22.5 Å². The molecule has 0 saturated carbocycles. The first kappa shape index (κ1) is 17.3. The van der Waals surface area contributed by atoms with Gasteiger partial charge in [-0.15, -0.1) is 0 Å². The molecular formula is C21H20FN3O2. The summed E-state index contributed by atoms with van der Waals surface area (Å²) in [6, 6.07) is 16.2. The van der Waals surface area contributed by atoms with E-state index < -0.39 is 0 Å². The lowest BCUT2D eigenvalue weighted by atomic mass is 10.2. The molecule has 138 valence electrons. The molecule has 0 bridgehead atoms. The normalized spacial score (nSPS) is 14.4. The van der Waals surface area contributed by atoms with Crippen molar-refractivity contribution in [2.24, 2.45) is 0 Å². The van der Waals surface area contributed by atoms with Crippen LogP contribution in [0.2, 0.25) is 0 Å². The van der Waals surface area contributed by atoms with Crippen molar-refractivity contribution in [3.8, 4) is 5.75 Å². The van der Waals surface area contributed by atoms with Gasteiger partial charge in [-0.3, -0.25) is 9.78 Å². The topological polar surface area (TPSA) is 45.7 Å². The molecule has 1 aliphatic rings. The van der Waals surface area contributed by atoms with Crippen molar-refractivity contribution in [3.63, 3.8) is 0 Å². The molecule has 0 aliphatic carbocycles. The highest BCUT2D eigenvalue weighted by atomic mass is 19.1. The van der Waals surface area contributed by atoms with Crippen LogP contribution in [-0.4, -0.2) is 48.6 Å². The minimum Gasteiger partial charge on any atom is -0.481 e. The zero-order valence-corrected chi connectivity index (χ0v) is 14.8. The van der Waals surface area contributed by atoms with E-state index in [2.05, 4.69) is 4.98 Å². The van der Waals surface area contributed by atoms with Gasteiger partial charge in [0.25, 0.3) is 5.91 Å². The average Bonchev–Trinajstić information content (AvgIpc) is 2.72. The molecule has 27 heavy (non-hydrogen) atoms. The minimum atomic E-state index is -0.232. The van der Waals surface area contributed by atoms with Gasteiger partial charge in [0, 0.05) is 37.8 Å². The maximum Gasteiger partial charge on any atom is 0.260 e. The SMILES string of the molecule is O=C(COc1cccc2cccnc12)N1CCN(c2ccccc2F)CC1. The number of piperazine rings is 1. The number of ether oxygens (including phenoxy) is 1. The van der Waals surface area contributed by atoms with Crippen molar-refractivity contribution in [2.45, 2.75) is 0 Å². The standard InChI is InChI=1S/C21H20FN3O2/c22-17-7-1-2-8-18(17)24-11-13-25(14-12-24)20(26)15-27-19-9-3-5-16-6-4-10-23-21(16)19/h1-10H,11-15H2.